The molecule has 1 aliphatic carbocycles. The van der Waals surface area contributed by atoms with Crippen molar-refractivity contribution in [2.24, 2.45) is 32.2 Å². The van der Waals surface area contributed by atoms with Crippen LogP contribution in [0.2, 0.25) is 0 Å². The van der Waals surface area contributed by atoms with Crippen molar-refractivity contribution < 1.29 is 32.9 Å². The van der Waals surface area contributed by atoms with E-state index < -0.39 is 23.4 Å². The monoisotopic (exact) mass is 691 g/mol. The average molecular weight is 692 g/mol. The van der Waals surface area contributed by atoms with Gasteiger partial charge in [-0.1, -0.05) is 13.0 Å². The maximum absolute atomic E-state index is 17.1. The molecule has 1 saturated carbocycles. The minimum absolute atomic E-state index is 0.00872. The van der Waals surface area contributed by atoms with Crippen LogP contribution in [0.15, 0.2) is 45.1 Å². The van der Waals surface area contributed by atoms with Gasteiger partial charge in [0.25, 0.3) is 0 Å². The van der Waals surface area contributed by atoms with E-state index in [1.54, 1.807) is 24.4 Å². The summed E-state index contributed by atoms with van der Waals surface area (Å²) >= 11 is 0. The van der Waals surface area contributed by atoms with Gasteiger partial charge in [0.05, 0.1) is 18.1 Å². The highest BCUT2D eigenvalue weighted by atomic mass is 19.1. The lowest BCUT2D eigenvalue weighted by atomic mass is 9.88. The molecule has 0 spiro atoms. The van der Waals surface area contributed by atoms with Crippen molar-refractivity contribution >= 4 is 40.8 Å². The number of aliphatic imine (C=N–C) groups is 3. The molecule has 1 N–H and O–H groups in total. The average Bonchev–Trinajstić information content (AvgIpc) is 3.88. The fourth-order valence-corrected chi connectivity index (χ4v) is 7.92. The molecule has 2 aromatic carbocycles. The first kappa shape index (κ1) is 34.7. The van der Waals surface area contributed by atoms with E-state index in [0.717, 1.165) is 58.0 Å². The SMILES string of the molecule is CCc1c(F)ccc2cc(OCOC)cc(C3=C(F)C4N=C(OCC5(CN6CCC(C=O)CC6)CC5)N=C(N5CCC[C@@](C)(O)C5)C4C=N3)c12. The van der Waals surface area contributed by atoms with Crippen LogP contribution in [-0.4, -0.2) is 104 Å². The number of aliphatic hydroxyl groups is 1. The molecule has 3 atom stereocenters. The number of ether oxygens (including phenoxy) is 3. The number of nitrogens with zero attached hydrogens (tertiary/aromatic N) is 5. The van der Waals surface area contributed by atoms with Gasteiger partial charge in [-0.2, -0.15) is 4.99 Å². The molecule has 4 aliphatic heterocycles. The standard InChI is InChI=1S/C38H47F2N5O5/c1-4-27-30(39)7-6-25-16-26(50-23-48-3)17-28(31(25)27)33-32(40)34-29(18-41-33)35(45-13-5-10-37(2,47)20-45)43-36(42-34)49-22-38(11-12-38)21-44-14-8-24(19-46)9-15-44/h6-7,16-19,24,29,34,47H,4-5,8-15,20-23H2,1-3H3/t29?,34?,37-/m1/s1. The van der Waals surface area contributed by atoms with Crippen LogP contribution in [0.4, 0.5) is 8.78 Å². The van der Waals surface area contributed by atoms with Crippen LogP contribution in [-0.2, 0) is 20.7 Å². The summed E-state index contributed by atoms with van der Waals surface area (Å²) in [5.41, 5.74) is -0.0167. The van der Waals surface area contributed by atoms with Crippen molar-refractivity contribution in [3.63, 3.8) is 0 Å². The van der Waals surface area contributed by atoms with Crippen LogP contribution in [0.25, 0.3) is 16.5 Å². The smallest absolute Gasteiger partial charge is 0.314 e. The van der Waals surface area contributed by atoms with Crippen molar-refractivity contribution in [1.29, 1.82) is 0 Å². The molecule has 2 unspecified atom stereocenters. The maximum atomic E-state index is 17.1. The molecule has 5 aliphatic rings. The van der Waals surface area contributed by atoms with E-state index in [2.05, 4.69) is 9.89 Å². The van der Waals surface area contributed by atoms with Crippen LogP contribution in [0.1, 0.15) is 63.5 Å². The molecule has 2 aromatic rings. The normalized spacial score (nSPS) is 26.8. The highest BCUT2D eigenvalue weighted by molar-refractivity contribution is 6.08. The Labute approximate surface area is 291 Å². The molecule has 12 heteroatoms. The second-order valence-electron chi connectivity index (χ2n) is 14.9. The first-order valence-corrected chi connectivity index (χ1v) is 17.9. The van der Waals surface area contributed by atoms with Crippen LogP contribution >= 0.6 is 0 Å². The van der Waals surface area contributed by atoms with Crippen LogP contribution in [0, 0.1) is 23.1 Å². The second kappa shape index (κ2) is 14.1. The molecule has 7 rings (SSSR count). The predicted molar refractivity (Wildman–Crippen MR) is 189 cm³/mol. The van der Waals surface area contributed by atoms with Gasteiger partial charge in [0.2, 0.25) is 0 Å². The number of fused-ring (bicyclic) bond motifs is 2. The quantitative estimate of drug-likeness (QED) is 0.257. The molecule has 0 aromatic heterocycles. The Kier molecular flexibility index (Phi) is 9.79. The number of carbonyl (C=O) groups is 1. The zero-order valence-electron chi connectivity index (χ0n) is 29.2. The summed E-state index contributed by atoms with van der Waals surface area (Å²) in [5, 5.41) is 12.3. The Hall–Kier alpha value is -3.74. The molecule has 4 heterocycles. The van der Waals surface area contributed by atoms with Crippen molar-refractivity contribution in [3.05, 3.63) is 47.0 Å². The number of aldehydes is 1. The molecule has 3 fully saturated rings. The van der Waals surface area contributed by atoms with Gasteiger partial charge in [0.15, 0.2) is 12.6 Å². The number of hydrogen-bond donors (Lipinski definition) is 1. The minimum Gasteiger partial charge on any atom is -0.468 e. The third kappa shape index (κ3) is 7.07. The van der Waals surface area contributed by atoms with Crippen molar-refractivity contribution in [2.45, 2.75) is 70.4 Å². The van der Waals surface area contributed by atoms with Crippen molar-refractivity contribution in [1.82, 2.24) is 9.80 Å². The third-order valence-corrected chi connectivity index (χ3v) is 10.9. The number of rotatable bonds is 10. The fourth-order valence-electron chi connectivity index (χ4n) is 7.92. The number of likely N-dealkylation sites (tertiary alicyclic amines) is 2. The summed E-state index contributed by atoms with van der Waals surface area (Å²) in [6, 6.07) is 5.66. The molecule has 0 radical (unpaired) electrons. The topological polar surface area (TPSA) is 109 Å². The summed E-state index contributed by atoms with van der Waals surface area (Å²) in [6.07, 6.45) is 8.35. The highest BCUT2D eigenvalue weighted by Gasteiger charge is 2.47. The molecule has 0 amide bonds. The molecular weight excluding hydrogens is 644 g/mol. The molecule has 2 saturated heterocycles. The zero-order chi connectivity index (χ0) is 35.0. The first-order chi connectivity index (χ1) is 24.1. The number of carbonyl (C=O) groups excluding carboxylic acids is 1. The second-order valence-corrected chi connectivity index (χ2v) is 14.9. The van der Waals surface area contributed by atoms with Gasteiger partial charge in [-0.3, -0.25) is 4.99 Å². The third-order valence-electron chi connectivity index (χ3n) is 10.9. The van der Waals surface area contributed by atoms with E-state index in [-0.39, 0.29) is 35.7 Å². The van der Waals surface area contributed by atoms with Crippen LogP contribution in [0.3, 0.4) is 0 Å². The Bertz CT molecular complexity index is 1740. The lowest BCUT2D eigenvalue weighted by Gasteiger charge is -2.42. The minimum atomic E-state index is -1.01. The van der Waals surface area contributed by atoms with E-state index in [0.29, 0.717) is 66.0 Å². The molecule has 10 nitrogen and oxygen atoms in total. The maximum Gasteiger partial charge on any atom is 0.314 e. The van der Waals surface area contributed by atoms with Gasteiger partial charge >= 0.3 is 6.02 Å². The van der Waals surface area contributed by atoms with Gasteiger partial charge in [-0.05, 0) is 99.5 Å². The molecular formula is C38H47F2N5O5. The number of hydrogen-bond acceptors (Lipinski definition) is 10. The van der Waals surface area contributed by atoms with E-state index >= 15 is 8.78 Å². The van der Waals surface area contributed by atoms with E-state index in [1.807, 2.05) is 18.7 Å². The number of β-amino-alcohol motifs (C(OH)–C–C–N with tert-alkyl or cyclic N) is 1. The van der Waals surface area contributed by atoms with Gasteiger partial charge in [-0.25, -0.2) is 13.8 Å². The summed E-state index contributed by atoms with van der Waals surface area (Å²) < 4.78 is 49.6. The summed E-state index contributed by atoms with van der Waals surface area (Å²) in [4.78, 5) is 30.0. The van der Waals surface area contributed by atoms with Crippen LogP contribution in [0.5, 0.6) is 5.75 Å². The number of methoxy groups -OCH3 is 1. The van der Waals surface area contributed by atoms with E-state index in [9.17, 15) is 9.90 Å². The van der Waals surface area contributed by atoms with Crippen molar-refractivity contribution in [3.8, 4) is 5.75 Å². The molecule has 268 valence electrons. The lowest BCUT2D eigenvalue weighted by molar-refractivity contribution is -0.112. The number of halogens is 2. The number of amidine groups is 2. The van der Waals surface area contributed by atoms with Gasteiger partial charge in [-0.15, -0.1) is 0 Å². The lowest BCUT2D eigenvalue weighted by Crippen LogP contribution is -2.53. The predicted octanol–water partition coefficient (Wildman–Crippen LogP) is 5.55. The van der Waals surface area contributed by atoms with Gasteiger partial charge in [0.1, 0.15) is 35.4 Å². The number of benzene rings is 2. The Balaban J connectivity index is 1.23. The first-order valence-electron chi connectivity index (χ1n) is 17.9. The number of aryl methyl sites for hydroxylation is 1. The summed E-state index contributed by atoms with van der Waals surface area (Å²) in [6.45, 7) is 7.72. The van der Waals surface area contributed by atoms with Gasteiger partial charge < -0.3 is 33.9 Å². The summed E-state index contributed by atoms with van der Waals surface area (Å²) in [7, 11) is 1.52. The number of piperidine rings is 2. The molecule has 50 heavy (non-hydrogen) atoms. The Morgan fingerprint density at radius 1 is 1.10 bits per heavy atom. The fraction of sp³-hybridized carbons (Fsp3) is 0.579. The van der Waals surface area contributed by atoms with E-state index in [1.165, 1.54) is 13.2 Å². The summed E-state index contributed by atoms with van der Waals surface area (Å²) in [5.74, 6) is -0.393. The molecule has 0 bridgehead atoms. The zero-order valence-corrected chi connectivity index (χ0v) is 29.2. The van der Waals surface area contributed by atoms with Crippen LogP contribution < -0.4 is 4.74 Å². The van der Waals surface area contributed by atoms with Gasteiger partial charge in [0, 0.05) is 49.9 Å². The largest absolute Gasteiger partial charge is 0.468 e. The highest BCUT2D eigenvalue weighted by Crippen LogP contribution is 2.47. The Morgan fingerprint density at radius 2 is 1.90 bits per heavy atom. The van der Waals surface area contributed by atoms with E-state index in [4.69, 9.17) is 24.2 Å². The Morgan fingerprint density at radius 3 is 2.60 bits per heavy atom. The van der Waals surface area contributed by atoms with Crippen molar-refractivity contribution in [2.75, 3.05) is 53.2 Å².